The number of imidazole rings is 1. The minimum atomic E-state index is -1.67. The van der Waals surface area contributed by atoms with E-state index >= 15 is 0 Å². The molecule has 1 unspecified atom stereocenters. The monoisotopic (exact) mass is 1180 g/mol. The molecule has 0 bridgehead atoms. The number of rotatable bonds is 38. The molecule has 0 aliphatic carbocycles. The summed E-state index contributed by atoms with van der Waals surface area (Å²) in [7, 11) is 0. The molecule has 0 fully saturated rings. The second-order valence-electron chi connectivity index (χ2n) is 19.8. The van der Waals surface area contributed by atoms with Crippen LogP contribution >= 0.6 is 23.5 Å². The number of nitrogens with zero attached hydrogens (tertiary/aromatic N) is 1. The van der Waals surface area contributed by atoms with Gasteiger partial charge in [0.1, 0.15) is 36.3 Å². The number of carbonyl (C=O) groups excluding carboxylic acids is 12. The number of primary amides is 2. The lowest BCUT2D eigenvalue weighted by molar-refractivity contribution is -0.135. The largest absolute Gasteiger partial charge is 0.396 e. The summed E-state index contributed by atoms with van der Waals surface area (Å²) in [5.41, 5.74) is 12.3. The van der Waals surface area contributed by atoms with Crippen molar-refractivity contribution in [3.05, 3.63) is 53.6 Å². The standard InChI is InChI=1S/C51H80N14O14S2/c1-7-10-34(47(76)56-21-39(70)55-22-40(71)60-33(14-16-66)45(52)74)61-41(72)23-57-49(78)43(29(3)67)65-48(77)35(19-32-20-54-28-59-32)62-42(73)24-58-50(79)44(51(4,5)6)64-38(69)15-17-80-25-30-12-9-13-31(18-30)26-81-27-36(46(53)75)63-37(68)11-8-2/h9,12-13,18,20,28-29,33-36,43-44,66-67H,7-8,10-11,14-17,19,21-27H2,1-6H3,(H2,52,74)(H2,53,75)(H,54,59)(H,55,70)(H,56,76)(H,57,78)(H,58,79)(H,60,71)(H,61,72)(H,62,73)(H,63,68)(H,64,69)(H,65,77)/t29-,33+,34+,35+,36+,43+,44?/m1/s1. The number of hydrogen-bond donors (Lipinski definition) is 15. The van der Waals surface area contributed by atoms with Crippen LogP contribution in [0.15, 0.2) is 36.8 Å². The molecule has 1 aromatic heterocycles. The zero-order valence-electron chi connectivity index (χ0n) is 46.5. The number of aliphatic hydroxyl groups is 2. The highest BCUT2D eigenvalue weighted by Gasteiger charge is 2.34. The van der Waals surface area contributed by atoms with E-state index in [2.05, 4.69) is 63.1 Å². The smallest absolute Gasteiger partial charge is 0.245 e. The molecule has 17 N–H and O–H groups in total. The van der Waals surface area contributed by atoms with Gasteiger partial charge in [-0.3, -0.25) is 57.5 Å². The van der Waals surface area contributed by atoms with Crippen LogP contribution in [-0.2, 0) is 75.5 Å². The van der Waals surface area contributed by atoms with Crippen LogP contribution in [-0.4, -0.2) is 178 Å². The van der Waals surface area contributed by atoms with Crippen molar-refractivity contribution in [3.8, 4) is 0 Å². The molecule has 0 radical (unpaired) electrons. The number of nitrogens with two attached hydrogens (primary N) is 2. The molecule has 1 heterocycles. The van der Waals surface area contributed by atoms with Gasteiger partial charge >= 0.3 is 0 Å². The normalized spacial score (nSPS) is 13.7. The Morgan fingerprint density at radius 2 is 1.16 bits per heavy atom. The van der Waals surface area contributed by atoms with E-state index in [0.29, 0.717) is 48.0 Å². The van der Waals surface area contributed by atoms with E-state index in [1.165, 1.54) is 43.0 Å². The maximum Gasteiger partial charge on any atom is 0.245 e. The molecule has 2 rings (SSSR count). The molecule has 7 atom stereocenters. The molecule has 0 aliphatic heterocycles. The summed E-state index contributed by atoms with van der Waals surface area (Å²) in [6.07, 6.45) is 2.39. The van der Waals surface area contributed by atoms with Crippen LogP contribution in [0.5, 0.6) is 0 Å². The van der Waals surface area contributed by atoms with Crippen LogP contribution < -0.4 is 64.6 Å². The lowest BCUT2D eigenvalue weighted by atomic mass is 9.86. The van der Waals surface area contributed by atoms with Crippen molar-refractivity contribution in [1.29, 1.82) is 0 Å². The van der Waals surface area contributed by atoms with Crippen LogP contribution in [0.25, 0.3) is 0 Å². The number of aromatic nitrogens is 2. The lowest BCUT2D eigenvalue weighted by Crippen LogP contribution is -2.59. The quantitative estimate of drug-likeness (QED) is 0.0287. The molecular formula is C51H80N14O14S2. The van der Waals surface area contributed by atoms with Crippen LogP contribution in [0.4, 0.5) is 0 Å². The molecule has 0 spiro atoms. The van der Waals surface area contributed by atoms with Gasteiger partial charge in [-0.15, -0.1) is 0 Å². The molecule has 12 amide bonds. The molecule has 1 aromatic carbocycles. The summed E-state index contributed by atoms with van der Waals surface area (Å²) in [6.45, 7) is 7.01. The first-order valence-electron chi connectivity index (χ1n) is 26.2. The number of amides is 12. The fourth-order valence-corrected chi connectivity index (χ4v) is 9.23. The van der Waals surface area contributed by atoms with Crippen molar-refractivity contribution in [3.63, 3.8) is 0 Å². The number of H-pyrrole nitrogens is 1. The Bertz CT molecular complexity index is 2440. The van der Waals surface area contributed by atoms with Gasteiger partial charge in [-0.25, -0.2) is 4.98 Å². The zero-order valence-corrected chi connectivity index (χ0v) is 48.2. The highest BCUT2D eigenvalue weighted by atomic mass is 32.2. The number of hydrogen-bond acceptors (Lipinski definition) is 17. The van der Waals surface area contributed by atoms with Crippen molar-refractivity contribution in [1.82, 2.24) is 63.1 Å². The summed E-state index contributed by atoms with van der Waals surface area (Å²) in [5, 5.41) is 44.0. The molecule has 0 saturated heterocycles. The van der Waals surface area contributed by atoms with Gasteiger partial charge in [0, 0.05) is 60.8 Å². The first-order chi connectivity index (χ1) is 38.3. The summed E-state index contributed by atoms with van der Waals surface area (Å²) in [6, 6.07) is 0.573. The number of benzene rings is 1. The number of aromatic amines is 1. The molecule has 30 heteroatoms. The van der Waals surface area contributed by atoms with Crippen molar-refractivity contribution >= 4 is 94.4 Å². The number of aliphatic hydroxyl groups excluding tert-OH is 2. The van der Waals surface area contributed by atoms with Crippen LogP contribution in [0, 0.1) is 5.41 Å². The predicted octanol–water partition coefficient (Wildman–Crippen LogP) is -3.74. The van der Waals surface area contributed by atoms with Gasteiger partial charge in [-0.05, 0) is 42.7 Å². The third-order valence-corrected chi connectivity index (χ3v) is 13.7. The Morgan fingerprint density at radius 3 is 1.72 bits per heavy atom. The minimum absolute atomic E-state index is 0.0768. The first kappa shape index (κ1) is 69.8. The van der Waals surface area contributed by atoms with E-state index in [0.717, 1.165) is 11.1 Å². The zero-order chi connectivity index (χ0) is 60.7. The molecule has 2 aromatic rings. The van der Waals surface area contributed by atoms with E-state index in [9.17, 15) is 62.6 Å². The van der Waals surface area contributed by atoms with Crippen LogP contribution in [0.3, 0.4) is 0 Å². The maximum atomic E-state index is 13.7. The Balaban J connectivity index is 1.95. The molecule has 0 aliphatic rings. The van der Waals surface area contributed by atoms with Gasteiger partial charge in [0.25, 0.3) is 0 Å². The van der Waals surface area contributed by atoms with E-state index < -0.39 is 146 Å². The summed E-state index contributed by atoms with van der Waals surface area (Å²) in [5.74, 6) is -6.86. The minimum Gasteiger partial charge on any atom is -0.396 e. The van der Waals surface area contributed by atoms with Gasteiger partial charge in [0.05, 0.1) is 38.6 Å². The van der Waals surface area contributed by atoms with E-state index in [4.69, 9.17) is 16.6 Å². The molecule has 81 heavy (non-hydrogen) atoms. The van der Waals surface area contributed by atoms with Gasteiger partial charge in [-0.1, -0.05) is 65.3 Å². The first-order valence-corrected chi connectivity index (χ1v) is 28.5. The highest BCUT2D eigenvalue weighted by Crippen LogP contribution is 2.21. The van der Waals surface area contributed by atoms with Crippen LogP contribution in [0.1, 0.15) is 96.9 Å². The average Bonchev–Trinajstić information content (AvgIpc) is 3.92. The molecular weight excluding hydrogens is 1100 g/mol. The third kappa shape index (κ3) is 28.1. The lowest BCUT2D eigenvalue weighted by Gasteiger charge is -2.30. The molecule has 0 saturated carbocycles. The summed E-state index contributed by atoms with van der Waals surface area (Å²) < 4.78 is 0. The van der Waals surface area contributed by atoms with Crippen molar-refractivity contribution < 1.29 is 67.7 Å². The number of thioether (sulfide) groups is 2. The Hall–Kier alpha value is -7.31. The van der Waals surface area contributed by atoms with Crippen LogP contribution in [0.2, 0.25) is 0 Å². The van der Waals surface area contributed by atoms with Crippen molar-refractivity contribution in [2.24, 2.45) is 16.9 Å². The van der Waals surface area contributed by atoms with Crippen molar-refractivity contribution in [2.45, 2.75) is 140 Å². The average molecular weight is 1180 g/mol. The maximum absolute atomic E-state index is 13.7. The molecule has 450 valence electrons. The fourth-order valence-electron chi connectivity index (χ4n) is 7.33. The van der Waals surface area contributed by atoms with E-state index in [1.54, 1.807) is 27.7 Å². The van der Waals surface area contributed by atoms with Gasteiger partial charge in [0.2, 0.25) is 70.9 Å². The highest BCUT2D eigenvalue weighted by molar-refractivity contribution is 7.98. The number of nitrogens with one attached hydrogen (secondary N) is 11. The van der Waals surface area contributed by atoms with Gasteiger partial charge < -0.3 is 79.8 Å². The third-order valence-electron chi connectivity index (χ3n) is 11.6. The summed E-state index contributed by atoms with van der Waals surface area (Å²) in [4.78, 5) is 159. The van der Waals surface area contributed by atoms with Gasteiger partial charge in [-0.2, -0.15) is 23.5 Å². The topological polar surface area (TPSA) is 446 Å². The Labute approximate surface area is 478 Å². The SMILES string of the molecule is CCCC(=O)N[C@@H](CSCc1cccc(CSCCC(=O)NC(C(=O)NCC(=O)N[C@@H](Cc2cnc[nH]2)C(=O)N[C@H](C(=O)NCC(=O)N[C@@H](CCC)C(=O)NCC(=O)NCC(=O)N[C@@H](CCO)C(N)=O)[C@@H](C)O)C(C)(C)C)c1)C(N)=O. The summed E-state index contributed by atoms with van der Waals surface area (Å²) >= 11 is 2.98. The Morgan fingerprint density at radius 1 is 0.617 bits per heavy atom. The van der Waals surface area contributed by atoms with Crippen molar-refractivity contribution in [2.75, 3.05) is 44.3 Å². The second kappa shape index (κ2) is 36.8. The molecule has 28 nitrogen and oxygen atoms in total. The fraction of sp³-hybridized carbons (Fsp3) is 0.588. The van der Waals surface area contributed by atoms with E-state index in [-0.39, 0.29) is 31.6 Å². The Kier molecular flexibility index (Phi) is 31.8. The second-order valence-corrected chi connectivity index (χ2v) is 21.9. The van der Waals surface area contributed by atoms with E-state index in [1.807, 2.05) is 31.2 Å². The number of carbonyl (C=O) groups is 12. The van der Waals surface area contributed by atoms with Gasteiger partial charge in [0.15, 0.2) is 0 Å². The predicted molar refractivity (Wildman–Crippen MR) is 300 cm³/mol.